The second-order valence-corrected chi connectivity index (χ2v) is 10.2. The fourth-order valence-electron chi connectivity index (χ4n) is 5.69. The molecule has 1 fully saturated rings. The van der Waals surface area contributed by atoms with Crippen molar-refractivity contribution >= 4 is 0 Å². The molecule has 0 spiro atoms. The Morgan fingerprint density at radius 2 is 1.78 bits per heavy atom. The maximum absolute atomic E-state index is 13.4. The van der Waals surface area contributed by atoms with Gasteiger partial charge in [0.2, 0.25) is 0 Å². The molecule has 3 unspecified atom stereocenters. The first-order valence-corrected chi connectivity index (χ1v) is 13.2. The van der Waals surface area contributed by atoms with Crippen molar-refractivity contribution in [3.05, 3.63) is 83.2 Å². The molecule has 37 heavy (non-hydrogen) atoms. The smallest absolute Gasteiger partial charge is 0.168 e. The third-order valence-electron chi connectivity index (χ3n) is 7.69. The van der Waals surface area contributed by atoms with Crippen LogP contribution in [0.1, 0.15) is 41.9 Å². The molecule has 4 rings (SSSR count). The minimum absolute atomic E-state index is 0.000632. The highest BCUT2D eigenvalue weighted by atomic mass is 19.1. The number of hydrogen-bond acceptors (Lipinski definition) is 5. The van der Waals surface area contributed by atoms with Gasteiger partial charge in [0.15, 0.2) is 11.5 Å². The number of nitrogens with two attached hydrogens (primary N) is 2. The Morgan fingerprint density at radius 3 is 2.49 bits per heavy atom. The van der Waals surface area contributed by atoms with E-state index in [9.17, 15) is 4.39 Å². The maximum Gasteiger partial charge on any atom is 0.168 e. The van der Waals surface area contributed by atoms with Gasteiger partial charge in [-0.15, -0.1) is 0 Å². The van der Waals surface area contributed by atoms with Crippen LogP contribution >= 0.6 is 0 Å². The summed E-state index contributed by atoms with van der Waals surface area (Å²) < 4.78 is 24.9. The molecule has 0 amide bonds. The molecule has 4 N–H and O–H groups in total. The van der Waals surface area contributed by atoms with Crippen molar-refractivity contribution < 1.29 is 13.9 Å². The van der Waals surface area contributed by atoms with Crippen LogP contribution in [0.25, 0.3) is 11.1 Å². The third-order valence-corrected chi connectivity index (χ3v) is 7.69. The summed E-state index contributed by atoms with van der Waals surface area (Å²) in [6.07, 6.45) is 4.53. The molecule has 0 saturated carbocycles. The lowest BCUT2D eigenvalue weighted by Crippen LogP contribution is -2.43. The van der Waals surface area contributed by atoms with Crippen LogP contribution in [0.15, 0.2) is 60.7 Å². The van der Waals surface area contributed by atoms with Gasteiger partial charge in [-0.3, -0.25) is 0 Å². The number of nitrogens with zero attached hydrogens (tertiary/aromatic N) is 1. The van der Waals surface area contributed by atoms with Crippen LogP contribution in [-0.4, -0.2) is 51.3 Å². The zero-order chi connectivity index (χ0) is 26.4. The van der Waals surface area contributed by atoms with Crippen molar-refractivity contribution in [2.75, 3.05) is 34.4 Å². The summed E-state index contributed by atoms with van der Waals surface area (Å²) in [5, 5.41) is 0. The topological polar surface area (TPSA) is 73.7 Å². The van der Waals surface area contributed by atoms with Gasteiger partial charge in [0.1, 0.15) is 5.82 Å². The molecule has 0 bridgehead atoms. The van der Waals surface area contributed by atoms with Crippen molar-refractivity contribution in [2.24, 2.45) is 11.5 Å². The van der Waals surface area contributed by atoms with E-state index in [0.717, 1.165) is 61.1 Å². The molecule has 198 valence electrons. The van der Waals surface area contributed by atoms with E-state index in [0.29, 0.717) is 24.3 Å². The number of ether oxygens (including phenoxy) is 2. The lowest BCUT2D eigenvalue weighted by molar-refractivity contribution is 0.153. The monoisotopic (exact) mass is 505 g/mol. The van der Waals surface area contributed by atoms with Crippen molar-refractivity contribution in [1.82, 2.24) is 4.90 Å². The number of hydrogen-bond donors (Lipinski definition) is 2. The lowest BCUT2D eigenvalue weighted by atomic mass is 9.82. The third kappa shape index (κ3) is 6.50. The van der Waals surface area contributed by atoms with E-state index in [-0.39, 0.29) is 11.9 Å². The average molecular weight is 506 g/mol. The van der Waals surface area contributed by atoms with E-state index >= 15 is 0 Å². The predicted octanol–water partition coefficient (Wildman–Crippen LogP) is 5.15. The highest BCUT2D eigenvalue weighted by molar-refractivity contribution is 5.77. The molecule has 3 atom stereocenters. The van der Waals surface area contributed by atoms with Crippen molar-refractivity contribution in [1.29, 1.82) is 0 Å². The Balaban J connectivity index is 1.54. The standard InChI is InChI=1S/C31H40FN3O2/c1-35-15-13-23(22-8-10-25(32)11-9-22)19-27(35)20-26(34)18-24-6-4-5-7-28(24)29-16-21(12-14-33)17-30(36-2)31(29)37-3/h4-11,16-17,23,26-27H,12-15,18-20,33-34H2,1-3H3. The number of benzene rings is 3. The van der Waals surface area contributed by atoms with Crippen LogP contribution in [-0.2, 0) is 12.8 Å². The number of methoxy groups -OCH3 is 2. The Kier molecular flexibility index (Phi) is 9.19. The quantitative estimate of drug-likeness (QED) is 0.399. The SMILES string of the molecule is COc1cc(CCN)cc(-c2ccccc2CC(N)CC2CC(c3ccc(F)cc3)CCN2C)c1OC. The second kappa shape index (κ2) is 12.5. The van der Waals surface area contributed by atoms with E-state index < -0.39 is 0 Å². The number of halogens is 1. The fourth-order valence-corrected chi connectivity index (χ4v) is 5.69. The van der Waals surface area contributed by atoms with Crippen molar-refractivity contribution in [3.8, 4) is 22.6 Å². The van der Waals surface area contributed by atoms with Crippen LogP contribution in [0.5, 0.6) is 11.5 Å². The second-order valence-electron chi connectivity index (χ2n) is 10.2. The van der Waals surface area contributed by atoms with Gasteiger partial charge in [-0.1, -0.05) is 36.4 Å². The van der Waals surface area contributed by atoms with Crippen LogP contribution < -0.4 is 20.9 Å². The molecule has 1 saturated heterocycles. The average Bonchev–Trinajstić information content (AvgIpc) is 2.90. The molecule has 1 heterocycles. The molecule has 6 heteroatoms. The maximum atomic E-state index is 13.4. The zero-order valence-electron chi connectivity index (χ0n) is 22.3. The summed E-state index contributed by atoms with van der Waals surface area (Å²) in [5.41, 5.74) is 18.3. The fraction of sp³-hybridized carbons (Fsp3) is 0.419. The minimum Gasteiger partial charge on any atom is -0.493 e. The van der Waals surface area contributed by atoms with Gasteiger partial charge in [-0.2, -0.15) is 0 Å². The molecule has 0 aromatic heterocycles. The van der Waals surface area contributed by atoms with Gasteiger partial charge in [0.05, 0.1) is 14.2 Å². The summed E-state index contributed by atoms with van der Waals surface area (Å²) in [4.78, 5) is 2.43. The molecular formula is C31H40FN3O2. The number of piperidine rings is 1. The molecule has 5 nitrogen and oxygen atoms in total. The minimum atomic E-state index is -0.184. The predicted molar refractivity (Wildman–Crippen MR) is 149 cm³/mol. The van der Waals surface area contributed by atoms with Crippen LogP contribution in [0.4, 0.5) is 4.39 Å². The Labute approximate surface area is 220 Å². The van der Waals surface area contributed by atoms with Gasteiger partial charge < -0.3 is 25.8 Å². The van der Waals surface area contributed by atoms with Gasteiger partial charge in [0.25, 0.3) is 0 Å². The lowest BCUT2D eigenvalue weighted by Gasteiger charge is -2.38. The summed E-state index contributed by atoms with van der Waals surface area (Å²) >= 11 is 0. The first kappa shape index (κ1) is 27.1. The summed E-state index contributed by atoms with van der Waals surface area (Å²) in [6, 6.07) is 19.9. The Morgan fingerprint density at radius 1 is 1.03 bits per heavy atom. The Hall–Kier alpha value is -2.93. The Bertz CT molecular complexity index is 1170. The molecule has 1 aliphatic heterocycles. The van der Waals surface area contributed by atoms with E-state index in [4.69, 9.17) is 20.9 Å². The van der Waals surface area contributed by atoms with Crippen LogP contribution in [0.2, 0.25) is 0 Å². The molecule has 0 aliphatic carbocycles. The largest absolute Gasteiger partial charge is 0.493 e. The molecule has 1 aliphatic rings. The molecule has 3 aromatic carbocycles. The highest BCUT2D eigenvalue weighted by Gasteiger charge is 2.29. The normalized spacial score (nSPS) is 19.0. The van der Waals surface area contributed by atoms with Gasteiger partial charge >= 0.3 is 0 Å². The molecule has 3 aromatic rings. The zero-order valence-corrected chi connectivity index (χ0v) is 22.3. The van der Waals surface area contributed by atoms with Crippen molar-refractivity contribution in [2.45, 2.75) is 50.1 Å². The summed E-state index contributed by atoms with van der Waals surface area (Å²) in [5.74, 6) is 1.68. The summed E-state index contributed by atoms with van der Waals surface area (Å²) in [6.45, 7) is 1.58. The first-order chi connectivity index (χ1) is 17.9. The van der Waals surface area contributed by atoms with Gasteiger partial charge in [-0.05, 0) is 105 Å². The van der Waals surface area contributed by atoms with Gasteiger partial charge in [0, 0.05) is 17.6 Å². The van der Waals surface area contributed by atoms with Crippen LogP contribution in [0.3, 0.4) is 0 Å². The van der Waals surface area contributed by atoms with E-state index in [2.05, 4.69) is 36.2 Å². The van der Waals surface area contributed by atoms with E-state index in [1.807, 2.05) is 24.3 Å². The summed E-state index contributed by atoms with van der Waals surface area (Å²) in [7, 11) is 5.52. The number of rotatable bonds is 10. The molecule has 0 radical (unpaired) electrons. The number of likely N-dealkylation sites (tertiary alicyclic amines) is 1. The van der Waals surface area contributed by atoms with Crippen LogP contribution in [0, 0.1) is 5.82 Å². The van der Waals surface area contributed by atoms with Crippen molar-refractivity contribution in [3.63, 3.8) is 0 Å². The van der Waals surface area contributed by atoms with E-state index in [1.54, 1.807) is 26.4 Å². The van der Waals surface area contributed by atoms with E-state index in [1.165, 1.54) is 11.1 Å². The molecular weight excluding hydrogens is 465 g/mol. The van der Waals surface area contributed by atoms with Gasteiger partial charge in [-0.25, -0.2) is 4.39 Å². The first-order valence-electron chi connectivity index (χ1n) is 13.2. The highest BCUT2D eigenvalue weighted by Crippen LogP contribution is 2.41.